The number of hydrogen-bond donors (Lipinski definition) is 1. The Morgan fingerprint density at radius 1 is 1.26 bits per heavy atom. The fourth-order valence-corrected chi connectivity index (χ4v) is 2.75. The van der Waals surface area contributed by atoms with E-state index < -0.39 is 5.97 Å². The monoisotopic (exact) mass is 435 g/mol. The minimum Gasteiger partial charge on any atom is -1.00 e. The van der Waals surface area contributed by atoms with Gasteiger partial charge in [0.15, 0.2) is 0 Å². The number of likely N-dealkylation sites (N-methyl/N-ethyl adjacent to an activating group) is 1. The van der Waals surface area contributed by atoms with Crippen molar-refractivity contribution >= 4 is 5.97 Å². The third kappa shape index (κ3) is 5.84. The van der Waals surface area contributed by atoms with E-state index in [2.05, 4.69) is 7.05 Å². The molecule has 0 saturated carbocycles. The summed E-state index contributed by atoms with van der Waals surface area (Å²) in [5, 5.41) is 9.94. The number of carbonyl (C=O) groups is 1. The van der Waals surface area contributed by atoms with Gasteiger partial charge in [-0.05, 0) is 18.6 Å². The first-order chi connectivity index (χ1) is 10.5. The zero-order chi connectivity index (χ0) is 16.0. The summed E-state index contributed by atoms with van der Waals surface area (Å²) < 4.78 is 11.7. The Kier molecular flexibility index (Phi) is 8.11. The Labute approximate surface area is 155 Å². The van der Waals surface area contributed by atoms with Gasteiger partial charge in [-0.1, -0.05) is 6.92 Å². The first-order valence-electron chi connectivity index (χ1n) is 8.00. The van der Waals surface area contributed by atoms with Crippen molar-refractivity contribution < 1.29 is 47.8 Å². The summed E-state index contributed by atoms with van der Waals surface area (Å²) >= 11 is 0. The van der Waals surface area contributed by atoms with Crippen LogP contribution in [0.4, 0.5) is 0 Å². The molecule has 6 heteroatoms. The lowest BCUT2D eigenvalue weighted by Crippen LogP contribution is -3.00. The molecule has 0 radical (unpaired) electrons. The van der Waals surface area contributed by atoms with Gasteiger partial charge in [0.25, 0.3) is 0 Å². The van der Waals surface area contributed by atoms with Crippen LogP contribution in [0.2, 0.25) is 0 Å². The van der Waals surface area contributed by atoms with Crippen molar-refractivity contribution in [2.75, 3.05) is 39.9 Å². The van der Waals surface area contributed by atoms with Gasteiger partial charge in [-0.25, -0.2) is 4.79 Å². The molecule has 1 aromatic rings. The second kappa shape index (κ2) is 9.32. The van der Waals surface area contributed by atoms with E-state index in [0.29, 0.717) is 19.0 Å². The van der Waals surface area contributed by atoms with Crippen LogP contribution in [0, 0.1) is 0 Å². The van der Waals surface area contributed by atoms with E-state index >= 15 is 0 Å². The molecular formula is C17H26INO4. The van der Waals surface area contributed by atoms with Crippen LogP contribution in [0.3, 0.4) is 0 Å². The van der Waals surface area contributed by atoms with Gasteiger partial charge in [0.2, 0.25) is 0 Å². The van der Waals surface area contributed by atoms with Crippen LogP contribution in [0.25, 0.3) is 0 Å². The van der Waals surface area contributed by atoms with Gasteiger partial charge in [0.1, 0.15) is 30.2 Å². The van der Waals surface area contributed by atoms with Gasteiger partial charge in [-0.3, -0.25) is 0 Å². The van der Waals surface area contributed by atoms with Crippen LogP contribution in [-0.4, -0.2) is 55.5 Å². The molecule has 0 spiro atoms. The summed E-state index contributed by atoms with van der Waals surface area (Å²) in [6, 6.07) is 4.69. The first-order valence-corrected chi connectivity index (χ1v) is 8.00. The molecule has 1 fully saturated rings. The number of phenolic OH excluding ortho intramolecular Hbond substituents is 1. The van der Waals surface area contributed by atoms with Crippen LogP contribution in [0.15, 0.2) is 18.2 Å². The number of phenols is 1. The van der Waals surface area contributed by atoms with Crippen molar-refractivity contribution in [1.82, 2.24) is 0 Å². The number of ether oxygens (including phenoxy) is 2. The molecule has 0 unspecified atom stereocenters. The topological polar surface area (TPSA) is 55.8 Å². The molecule has 1 aliphatic rings. The lowest BCUT2D eigenvalue weighted by molar-refractivity contribution is -0.897. The number of aromatic hydroxyl groups is 1. The maximum absolute atomic E-state index is 12.0. The SMILES string of the molecule is CCCOc1ccc(C(=O)OCC[N+]2(C)CCCC2)c(O)c1.[I-]. The average Bonchev–Trinajstić information content (AvgIpc) is 2.92. The number of hydrogen-bond acceptors (Lipinski definition) is 4. The number of likely N-dealkylation sites (tertiary alicyclic amines) is 1. The number of halogens is 1. The highest BCUT2D eigenvalue weighted by molar-refractivity contribution is 5.92. The van der Waals surface area contributed by atoms with E-state index in [1.807, 2.05) is 6.92 Å². The fraction of sp³-hybridized carbons (Fsp3) is 0.588. The van der Waals surface area contributed by atoms with Crippen LogP contribution >= 0.6 is 0 Å². The van der Waals surface area contributed by atoms with Gasteiger partial charge in [0, 0.05) is 18.9 Å². The summed E-state index contributed by atoms with van der Waals surface area (Å²) in [7, 11) is 2.19. The van der Waals surface area contributed by atoms with Crippen molar-refractivity contribution in [3.63, 3.8) is 0 Å². The summed E-state index contributed by atoms with van der Waals surface area (Å²) in [5.74, 6) is -0.0171. The Morgan fingerprint density at radius 2 is 1.96 bits per heavy atom. The van der Waals surface area contributed by atoms with Crippen molar-refractivity contribution in [3.05, 3.63) is 23.8 Å². The van der Waals surface area contributed by atoms with Gasteiger partial charge in [-0.2, -0.15) is 0 Å². The van der Waals surface area contributed by atoms with E-state index in [1.165, 1.54) is 18.9 Å². The van der Waals surface area contributed by atoms with Crippen LogP contribution in [0.1, 0.15) is 36.5 Å². The van der Waals surface area contributed by atoms with Gasteiger partial charge in [0.05, 0.1) is 26.7 Å². The highest BCUT2D eigenvalue weighted by atomic mass is 127. The van der Waals surface area contributed by atoms with Crippen molar-refractivity contribution in [1.29, 1.82) is 0 Å². The van der Waals surface area contributed by atoms with Crippen LogP contribution in [-0.2, 0) is 4.74 Å². The normalized spacial score (nSPS) is 15.7. The molecule has 1 N–H and O–H groups in total. The minimum atomic E-state index is -0.481. The number of quaternary nitrogens is 1. The zero-order valence-electron chi connectivity index (χ0n) is 13.9. The first kappa shape index (κ1) is 20.0. The molecule has 130 valence electrons. The predicted octanol–water partition coefficient (Wildman–Crippen LogP) is -0.418. The Morgan fingerprint density at radius 3 is 2.57 bits per heavy atom. The van der Waals surface area contributed by atoms with E-state index in [1.54, 1.807) is 12.1 Å². The molecule has 1 saturated heterocycles. The van der Waals surface area contributed by atoms with Gasteiger partial charge >= 0.3 is 5.97 Å². The Balaban J connectivity index is 0.00000264. The number of benzene rings is 1. The van der Waals surface area contributed by atoms with Crippen LogP contribution < -0.4 is 28.7 Å². The summed E-state index contributed by atoms with van der Waals surface area (Å²) in [6.07, 6.45) is 3.37. The number of esters is 1. The standard InChI is InChI=1S/C17H25NO4.HI/c1-3-11-21-14-6-7-15(16(19)13-14)17(20)22-12-10-18(2)8-4-5-9-18;/h6-7,13H,3-5,8-12H2,1-2H3;1H. The second-order valence-corrected chi connectivity index (χ2v) is 6.16. The molecular weight excluding hydrogens is 409 g/mol. The van der Waals surface area contributed by atoms with E-state index in [0.717, 1.165) is 30.5 Å². The molecule has 1 aliphatic heterocycles. The third-order valence-electron chi connectivity index (χ3n) is 4.17. The maximum atomic E-state index is 12.0. The molecule has 0 atom stereocenters. The number of rotatable bonds is 7. The molecule has 0 aromatic heterocycles. The molecule has 0 aliphatic carbocycles. The zero-order valence-corrected chi connectivity index (χ0v) is 16.0. The van der Waals surface area contributed by atoms with E-state index in [-0.39, 0.29) is 35.3 Å². The molecule has 2 rings (SSSR count). The minimum absolute atomic E-state index is 0. The quantitative estimate of drug-likeness (QED) is 0.359. The molecule has 5 nitrogen and oxygen atoms in total. The van der Waals surface area contributed by atoms with E-state index in [4.69, 9.17) is 9.47 Å². The molecule has 23 heavy (non-hydrogen) atoms. The lowest BCUT2D eigenvalue weighted by atomic mass is 10.2. The van der Waals surface area contributed by atoms with Crippen molar-refractivity contribution in [3.8, 4) is 11.5 Å². The van der Waals surface area contributed by atoms with Crippen LogP contribution in [0.5, 0.6) is 11.5 Å². The number of carbonyl (C=O) groups excluding carboxylic acids is 1. The molecule has 0 amide bonds. The highest BCUT2D eigenvalue weighted by Gasteiger charge is 2.27. The van der Waals surface area contributed by atoms with Gasteiger partial charge < -0.3 is 43.0 Å². The third-order valence-corrected chi connectivity index (χ3v) is 4.17. The molecule has 1 aromatic carbocycles. The lowest BCUT2D eigenvalue weighted by Gasteiger charge is -2.28. The smallest absolute Gasteiger partial charge is 0.342 e. The second-order valence-electron chi connectivity index (χ2n) is 6.16. The summed E-state index contributed by atoms with van der Waals surface area (Å²) in [5.41, 5.74) is 0.188. The average molecular weight is 435 g/mol. The summed E-state index contributed by atoms with van der Waals surface area (Å²) in [4.78, 5) is 12.0. The van der Waals surface area contributed by atoms with Gasteiger partial charge in [-0.15, -0.1) is 0 Å². The molecule has 0 bridgehead atoms. The predicted molar refractivity (Wildman–Crippen MR) is 84.2 cm³/mol. The van der Waals surface area contributed by atoms with E-state index in [9.17, 15) is 9.90 Å². The largest absolute Gasteiger partial charge is 1.00 e. The summed E-state index contributed by atoms with van der Waals surface area (Å²) in [6.45, 7) is 6.08. The Hall–Kier alpha value is -1.02. The van der Waals surface area contributed by atoms with Crippen molar-refractivity contribution in [2.24, 2.45) is 0 Å². The number of nitrogens with zero attached hydrogens (tertiary/aromatic N) is 1. The molecule has 1 heterocycles. The highest BCUT2D eigenvalue weighted by Crippen LogP contribution is 2.24. The Bertz CT molecular complexity index is 515. The van der Waals surface area contributed by atoms with Crippen molar-refractivity contribution in [2.45, 2.75) is 26.2 Å². The fourth-order valence-electron chi connectivity index (χ4n) is 2.75. The maximum Gasteiger partial charge on any atom is 0.342 e.